The third kappa shape index (κ3) is 1.19. The van der Waals surface area contributed by atoms with Gasteiger partial charge in [-0.1, -0.05) is 20.8 Å². The summed E-state index contributed by atoms with van der Waals surface area (Å²) in [5, 5.41) is 0. The van der Waals surface area contributed by atoms with E-state index in [-0.39, 0.29) is 0 Å². The molecule has 3 unspecified atom stereocenters. The minimum atomic E-state index is 0.766. The molecule has 80 valence electrons. The first kappa shape index (κ1) is 9.24. The van der Waals surface area contributed by atoms with E-state index in [2.05, 4.69) is 20.8 Å². The lowest BCUT2D eigenvalue weighted by Crippen LogP contribution is -2.51. The Labute approximate surface area is 88.5 Å². The van der Waals surface area contributed by atoms with E-state index in [1.54, 1.807) is 32.1 Å². The van der Waals surface area contributed by atoms with Crippen LogP contribution in [-0.2, 0) is 0 Å². The van der Waals surface area contributed by atoms with E-state index < -0.39 is 0 Å². The van der Waals surface area contributed by atoms with Gasteiger partial charge in [-0.25, -0.2) is 0 Å². The Morgan fingerprint density at radius 2 is 1.57 bits per heavy atom. The molecule has 14 heavy (non-hydrogen) atoms. The molecule has 4 bridgehead atoms. The maximum Gasteiger partial charge on any atom is -0.0318 e. The molecule has 0 aromatic heterocycles. The van der Waals surface area contributed by atoms with Crippen LogP contribution in [0.3, 0.4) is 0 Å². The average molecular weight is 192 g/mol. The van der Waals surface area contributed by atoms with Gasteiger partial charge in [0, 0.05) is 0 Å². The van der Waals surface area contributed by atoms with Gasteiger partial charge in [0.05, 0.1) is 0 Å². The van der Waals surface area contributed by atoms with Crippen LogP contribution in [0.2, 0.25) is 0 Å². The summed E-state index contributed by atoms with van der Waals surface area (Å²) in [4.78, 5) is 0. The molecule has 0 radical (unpaired) electrons. The van der Waals surface area contributed by atoms with Gasteiger partial charge in [-0.05, 0) is 67.1 Å². The highest BCUT2D eigenvalue weighted by atomic mass is 14.6. The normalized spacial score (nSPS) is 55.7. The first-order valence-corrected chi connectivity index (χ1v) is 6.57. The molecule has 4 fully saturated rings. The van der Waals surface area contributed by atoms with Crippen LogP contribution >= 0.6 is 0 Å². The van der Waals surface area contributed by atoms with Crippen molar-refractivity contribution in [3.8, 4) is 0 Å². The molecule has 0 heteroatoms. The summed E-state index contributed by atoms with van der Waals surface area (Å²) in [5.41, 5.74) is 0.766. The molecule has 4 aliphatic rings. The van der Waals surface area contributed by atoms with E-state index in [1.165, 1.54) is 0 Å². The Bertz CT molecular complexity index is 224. The average Bonchev–Trinajstić information content (AvgIpc) is 1.97. The minimum absolute atomic E-state index is 0.766. The Morgan fingerprint density at radius 1 is 1.00 bits per heavy atom. The van der Waals surface area contributed by atoms with Crippen LogP contribution in [0.25, 0.3) is 0 Å². The lowest BCUT2D eigenvalue weighted by Gasteiger charge is -2.60. The smallest absolute Gasteiger partial charge is 0.0318 e. The Morgan fingerprint density at radius 3 is 2.00 bits per heavy atom. The minimum Gasteiger partial charge on any atom is -0.0625 e. The Hall–Kier alpha value is 0. The standard InChI is InChI=1S/C14H24/c1-9(2)13-11-4-10-5-12(13)8-14(3,6-10)7-11/h9-13H,4-8H2,1-3H3/t10?,11-,12+,13?,14?. The quantitative estimate of drug-likeness (QED) is 0.586. The van der Waals surface area contributed by atoms with E-state index in [0.29, 0.717) is 0 Å². The predicted molar refractivity (Wildman–Crippen MR) is 60.0 cm³/mol. The highest BCUT2D eigenvalue weighted by Gasteiger charge is 2.53. The Balaban J connectivity index is 1.89. The van der Waals surface area contributed by atoms with Crippen molar-refractivity contribution in [2.24, 2.45) is 35.0 Å². The van der Waals surface area contributed by atoms with Crippen LogP contribution < -0.4 is 0 Å². The molecular formula is C14H24. The largest absolute Gasteiger partial charge is 0.0625 e. The zero-order chi connectivity index (χ0) is 9.92. The molecule has 4 rings (SSSR count). The van der Waals surface area contributed by atoms with Crippen LogP contribution in [0.1, 0.15) is 52.9 Å². The second kappa shape index (κ2) is 2.77. The molecule has 0 aromatic carbocycles. The molecule has 0 spiro atoms. The molecular weight excluding hydrogens is 168 g/mol. The van der Waals surface area contributed by atoms with E-state index in [4.69, 9.17) is 0 Å². The summed E-state index contributed by atoms with van der Waals surface area (Å²) >= 11 is 0. The lowest BCUT2D eigenvalue weighted by molar-refractivity contribution is -0.100. The van der Waals surface area contributed by atoms with Gasteiger partial charge in [0.2, 0.25) is 0 Å². The Kier molecular flexibility index (Phi) is 1.83. The topological polar surface area (TPSA) is 0 Å². The van der Waals surface area contributed by atoms with Crippen molar-refractivity contribution in [3.05, 3.63) is 0 Å². The summed E-state index contributed by atoms with van der Waals surface area (Å²) < 4.78 is 0. The van der Waals surface area contributed by atoms with E-state index in [1.807, 2.05) is 0 Å². The second-order valence-electron chi connectivity index (χ2n) is 7.10. The molecule has 0 amide bonds. The monoisotopic (exact) mass is 192 g/mol. The van der Waals surface area contributed by atoms with Crippen molar-refractivity contribution in [1.29, 1.82) is 0 Å². The van der Waals surface area contributed by atoms with Crippen molar-refractivity contribution in [1.82, 2.24) is 0 Å². The lowest BCUT2D eigenvalue weighted by atomic mass is 9.45. The summed E-state index contributed by atoms with van der Waals surface area (Å²) in [5.74, 6) is 5.35. The van der Waals surface area contributed by atoms with E-state index >= 15 is 0 Å². The summed E-state index contributed by atoms with van der Waals surface area (Å²) in [7, 11) is 0. The number of hydrogen-bond donors (Lipinski definition) is 0. The van der Waals surface area contributed by atoms with Crippen molar-refractivity contribution in [3.63, 3.8) is 0 Å². The third-order valence-electron chi connectivity index (χ3n) is 5.42. The van der Waals surface area contributed by atoms with Crippen LogP contribution in [0, 0.1) is 35.0 Å². The van der Waals surface area contributed by atoms with Crippen molar-refractivity contribution < 1.29 is 0 Å². The maximum atomic E-state index is 2.56. The van der Waals surface area contributed by atoms with E-state index in [0.717, 1.165) is 35.0 Å². The molecule has 5 atom stereocenters. The fourth-order valence-corrected chi connectivity index (χ4v) is 5.56. The molecule has 0 heterocycles. The number of rotatable bonds is 1. The van der Waals surface area contributed by atoms with Gasteiger partial charge in [0.25, 0.3) is 0 Å². The second-order valence-corrected chi connectivity index (χ2v) is 7.10. The van der Waals surface area contributed by atoms with Gasteiger partial charge in [-0.15, -0.1) is 0 Å². The number of hydrogen-bond acceptors (Lipinski definition) is 0. The van der Waals surface area contributed by atoms with Gasteiger partial charge in [-0.3, -0.25) is 0 Å². The van der Waals surface area contributed by atoms with Crippen LogP contribution in [0.15, 0.2) is 0 Å². The van der Waals surface area contributed by atoms with Crippen molar-refractivity contribution in [2.45, 2.75) is 52.9 Å². The van der Waals surface area contributed by atoms with Crippen molar-refractivity contribution >= 4 is 0 Å². The fraction of sp³-hybridized carbons (Fsp3) is 1.00. The molecule has 0 N–H and O–H groups in total. The summed E-state index contributed by atoms with van der Waals surface area (Å²) in [6, 6.07) is 0. The van der Waals surface area contributed by atoms with Crippen LogP contribution in [0.4, 0.5) is 0 Å². The summed E-state index contributed by atoms with van der Waals surface area (Å²) in [6.45, 7) is 7.47. The molecule has 4 saturated carbocycles. The zero-order valence-electron chi connectivity index (χ0n) is 9.92. The summed E-state index contributed by atoms with van der Waals surface area (Å²) in [6.07, 6.45) is 7.83. The third-order valence-corrected chi connectivity index (χ3v) is 5.42. The van der Waals surface area contributed by atoms with Crippen LogP contribution in [0.5, 0.6) is 0 Å². The SMILES string of the molecule is CC(C)C1[C@@H]2CC3C[C@H]1CC(C)(C3)C2. The molecule has 0 aliphatic heterocycles. The van der Waals surface area contributed by atoms with Crippen molar-refractivity contribution in [2.75, 3.05) is 0 Å². The first-order chi connectivity index (χ1) is 6.57. The van der Waals surface area contributed by atoms with Gasteiger partial charge in [0.1, 0.15) is 0 Å². The van der Waals surface area contributed by atoms with Gasteiger partial charge >= 0.3 is 0 Å². The molecule has 0 nitrogen and oxygen atoms in total. The molecule has 4 aliphatic carbocycles. The highest BCUT2D eigenvalue weighted by Crippen LogP contribution is 2.63. The highest BCUT2D eigenvalue weighted by molar-refractivity contribution is 5.03. The molecule has 0 aromatic rings. The van der Waals surface area contributed by atoms with Gasteiger partial charge < -0.3 is 0 Å². The van der Waals surface area contributed by atoms with Gasteiger partial charge in [-0.2, -0.15) is 0 Å². The first-order valence-electron chi connectivity index (χ1n) is 6.57. The van der Waals surface area contributed by atoms with E-state index in [9.17, 15) is 0 Å². The van der Waals surface area contributed by atoms with Crippen LogP contribution in [-0.4, -0.2) is 0 Å². The predicted octanol–water partition coefficient (Wildman–Crippen LogP) is 4.10. The maximum absolute atomic E-state index is 2.56. The zero-order valence-corrected chi connectivity index (χ0v) is 9.92. The fourth-order valence-electron chi connectivity index (χ4n) is 5.56. The molecule has 0 saturated heterocycles. The van der Waals surface area contributed by atoms with Gasteiger partial charge in [0.15, 0.2) is 0 Å².